The summed E-state index contributed by atoms with van der Waals surface area (Å²) in [5, 5.41) is 12.8. The lowest BCUT2D eigenvalue weighted by atomic mass is 9.80. The molecule has 2 fully saturated rings. The Morgan fingerprint density at radius 3 is 2.53 bits per heavy atom. The average Bonchev–Trinajstić information content (AvgIpc) is 2.41. The summed E-state index contributed by atoms with van der Waals surface area (Å²) in [6, 6.07) is 0. The number of carbonyl (C=O) groups is 1. The average molecular weight is 269 g/mol. The van der Waals surface area contributed by atoms with E-state index < -0.39 is 5.60 Å². The van der Waals surface area contributed by atoms with E-state index in [0.29, 0.717) is 13.0 Å². The van der Waals surface area contributed by atoms with Crippen molar-refractivity contribution < 1.29 is 14.6 Å². The zero-order valence-electron chi connectivity index (χ0n) is 12.0. The normalized spacial score (nSPS) is 24.5. The second kappa shape index (κ2) is 6.71. The molecule has 0 aromatic carbocycles. The van der Waals surface area contributed by atoms with E-state index in [0.717, 1.165) is 32.1 Å². The number of nitrogens with one attached hydrogen (secondary N) is 1. The van der Waals surface area contributed by atoms with E-state index in [4.69, 9.17) is 4.74 Å². The van der Waals surface area contributed by atoms with Crippen LogP contribution in [0, 0.1) is 0 Å². The first kappa shape index (κ1) is 14.8. The van der Waals surface area contributed by atoms with Gasteiger partial charge in [0.05, 0.1) is 11.7 Å². The van der Waals surface area contributed by atoms with Crippen LogP contribution in [0.2, 0.25) is 0 Å². The van der Waals surface area contributed by atoms with Gasteiger partial charge < -0.3 is 15.2 Å². The molecule has 4 heteroatoms. The van der Waals surface area contributed by atoms with Crippen LogP contribution >= 0.6 is 0 Å². The van der Waals surface area contributed by atoms with Crippen LogP contribution in [0.1, 0.15) is 64.7 Å². The Balaban J connectivity index is 1.74. The Morgan fingerprint density at radius 1 is 1.32 bits per heavy atom. The molecule has 2 aliphatic rings. The van der Waals surface area contributed by atoms with Gasteiger partial charge in [-0.1, -0.05) is 26.2 Å². The molecule has 0 spiro atoms. The third-order valence-corrected chi connectivity index (χ3v) is 4.45. The Kier molecular flexibility index (Phi) is 5.22. The van der Waals surface area contributed by atoms with Crippen LogP contribution in [0.15, 0.2) is 0 Å². The monoisotopic (exact) mass is 269 g/mol. The molecule has 2 aliphatic carbocycles. The van der Waals surface area contributed by atoms with Crippen LogP contribution in [0.25, 0.3) is 0 Å². The van der Waals surface area contributed by atoms with E-state index >= 15 is 0 Å². The van der Waals surface area contributed by atoms with Gasteiger partial charge in [0.15, 0.2) is 0 Å². The molecule has 19 heavy (non-hydrogen) atoms. The van der Waals surface area contributed by atoms with E-state index in [1.165, 1.54) is 19.3 Å². The Hall–Kier alpha value is -0.610. The summed E-state index contributed by atoms with van der Waals surface area (Å²) in [4.78, 5) is 12.1. The largest absolute Gasteiger partial charge is 0.388 e. The molecular weight excluding hydrogens is 242 g/mol. The fourth-order valence-corrected chi connectivity index (χ4v) is 2.90. The predicted molar refractivity (Wildman–Crippen MR) is 73.8 cm³/mol. The summed E-state index contributed by atoms with van der Waals surface area (Å²) < 4.78 is 5.93. The van der Waals surface area contributed by atoms with Crippen LogP contribution in [-0.2, 0) is 9.53 Å². The molecule has 2 rings (SSSR count). The number of aliphatic hydroxyl groups is 1. The van der Waals surface area contributed by atoms with Crippen molar-refractivity contribution >= 4 is 5.91 Å². The molecule has 2 saturated carbocycles. The highest BCUT2D eigenvalue weighted by atomic mass is 16.5. The van der Waals surface area contributed by atoms with Crippen molar-refractivity contribution in [2.24, 2.45) is 0 Å². The zero-order valence-corrected chi connectivity index (χ0v) is 12.0. The van der Waals surface area contributed by atoms with Crippen molar-refractivity contribution in [3.05, 3.63) is 0 Å². The lowest BCUT2D eigenvalue weighted by molar-refractivity contribution is -0.140. The molecule has 110 valence electrons. The van der Waals surface area contributed by atoms with E-state index in [9.17, 15) is 9.90 Å². The number of amides is 1. The van der Waals surface area contributed by atoms with Crippen LogP contribution in [-0.4, -0.2) is 35.4 Å². The van der Waals surface area contributed by atoms with Crippen molar-refractivity contribution in [3.63, 3.8) is 0 Å². The fraction of sp³-hybridized carbons (Fsp3) is 0.933. The summed E-state index contributed by atoms with van der Waals surface area (Å²) in [5.74, 6) is -0.0617. The molecule has 0 bridgehead atoms. The van der Waals surface area contributed by atoms with Crippen LogP contribution in [0.3, 0.4) is 0 Å². The van der Waals surface area contributed by atoms with Crippen LogP contribution in [0.5, 0.6) is 0 Å². The van der Waals surface area contributed by atoms with Crippen LogP contribution < -0.4 is 5.32 Å². The lowest BCUT2D eigenvalue weighted by Crippen LogP contribution is -2.50. The zero-order chi connectivity index (χ0) is 13.7. The molecule has 1 atom stereocenters. The quantitative estimate of drug-likeness (QED) is 0.776. The molecule has 0 aliphatic heterocycles. The summed E-state index contributed by atoms with van der Waals surface area (Å²) in [6.07, 6.45) is 9.11. The summed E-state index contributed by atoms with van der Waals surface area (Å²) in [6.45, 7) is 2.35. The standard InChI is InChI=1S/C15H27NO3/c1-2-13(19-12-7-4-3-5-8-12)14(17)16-11-15(18)9-6-10-15/h12-13,18H,2-11H2,1H3,(H,16,17). The third kappa shape index (κ3) is 4.18. The molecule has 0 radical (unpaired) electrons. The van der Waals surface area contributed by atoms with Crippen molar-refractivity contribution in [3.8, 4) is 0 Å². The van der Waals surface area contributed by atoms with Crippen molar-refractivity contribution in [1.29, 1.82) is 0 Å². The second-order valence-electron chi connectivity index (χ2n) is 6.09. The van der Waals surface area contributed by atoms with Crippen LogP contribution in [0.4, 0.5) is 0 Å². The fourth-order valence-electron chi connectivity index (χ4n) is 2.90. The van der Waals surface area contributed by atoms with E-state index in [2.05, 4.69) is 5.32 Å². The first-order valence-corrected chi connectivity index (χ1v) is 7.78. The molecule has 4 nitrogen and oxygen atoms in total. The number of rotatable bonds is 6. The van der Waals surface area contributed by atoms with Gasteiger partial charge in [0.1, 0.15) is 6.10 Å². The lowest BCUT2D eigenvalue weighted by Gasteiger charge is -2.37. The maximum atomic E-state index is 12.1. The molecule has 1 amide bonds. The number of hydrogen-bond acceptors (Lipinski definition) is 3. The van der Waals surface area contributed by atoms with Gasteiger partial charge in [-0.05, 0) is 38.5 Å². The summed E-state index contributed by atoms with van der Waals surface area (Å²) in [7, 11) is 0. The number of ether oxygens (including phenoxy) is 1. The Morgan fingerprint density at radius 2 is 2.00 bits per heavy atom. The molecule has 2 N–H and O–H groups in total. The van der Waals surface area contributed by atoms with Gasteiger partial charge in [-0.3, -0.25) is 4.79 Å². The first-order chi connectivity index (χ1) is 9.13. The molecule has 0 heterocycles. The third-order valence-electron chi connectivity index (χ3n) is 4.45. The minimum absolute atomic E-state index is 0.0617. The maximum absolute atomic E-state index is 12.1. The van der Waals surface area contributed by atoms with Gasteiger partial charge >= 0.3 is 0 Å². The van der Waals surface area contributed by atoms with Crippen molar-refractivity contribution in [1.82, 2.24) is 5.32 Å². The highest BCUT2D eigenvalue weighted by Gasteiger charge is 2.35. The topological polar surface area (TPSA) is 58.6 Å². The second-order valence-corrected chi connectivity index (χ2v) is 6.09. The molecular formula is C15H27NO3. The predicted octanol–water partition coefficient (Wildman–Crippen LogP) is 2.15. The van der Waals surface area contributed by atoms with Gasteiger partial charge in [-0.2, -0.15) is 0 Å². The van der Waals surface area contributed by atoms with Gasteiger partial charge in [0, 0.05) is 6.54 Å². The maximum Gasteiger partial charge on any atom is 0.249 e. The van der Waals surface area contributed by atoms with E-state index in [1.807, 2.05) is 6.92 Å². The van der Waals surface area contributed by atoms with E-state index in [1.54, 1.807) is 0 Å². The minimum Gasteiger partial charge on any atom is -0.388 e. The number of hydrogen-bond donors (Lipinski definition) is 2. The summed E-state index contributed by atoms with van der Waals surface area (Å²) in [5.41, 5.74) is -0.654. The van der Waals surface area contributed by atoms with Crippen molar-refractivity contribution in [2.75, 3.05) is 6.54 Å². The van der Waals surface area contributed by atoms with Gasteiger partial charge in [-0.25, -0.2) is 0 Å². The highest BCUT2D eigenvalue weighted by molar-refractivity contribution is 5.80. The molecule has 0 aromatic heterocycles. The van der Waals surface area contributed by atoms with Gasteiger partial charge in [-0.15, -0.1) is 0 Å². The van der Waals surface area contributed by atoms with Gasteiger partial charge in [0.2, 0.25) is 5.91 Å². The molecule has 0 aromatic rings. The Labute approximate surface area is 115 Å². The minimum atomic E-state index is -0.654. The van der Waals surface area contributed by atoms with E-state index in [-0.39, 0.29) is 18.1 Å². The number of carbonyl (C=O) groups excluding carboxylic acids is 1. The van der Waals surface area contributed by atoms with Gasteiger partial charge in [0.25, 0.3) is 0 Å². The molecule has 1 unspecified atom stereocenters. The first-order valence-electron chi connectivity index (χ1n) is 7.78. The SMILES string of the molecule is CCC(OC1CCCCC1)C(=O)NCC1(O)CCC1. The van der Waals surface area contributed by atoms with Crippen molar-refractivity contribution in [2.45, 2.75) is 82.5 Å². The summed E-state index contributed by atoms with van der Waals surface area (Å²) >= 11 is 0. The smallest absolute Gasteiger partial charge is 0.249 e. The molecule has 0 saturated heterocycles. The Bertz CT molecular complexity index is 296. The highest BCUT2D eigenvalue weighted by Crippen LogP contribution is 2.30.